The standard InChI is InChI=1S/C24H28N2O/c27-24-17-19(13-16-23(24)26-21-9-5-2-6-10-21)18-11-14-22(15-12-18)25-20-7-3-1-4-8-20/h11-17,27H,1-10H2. The van der Waals surface area contributed by atoms with Crippen molar-refractivity contribution < 1.29 is 5.11 Å². The fourth-order valence-corrected chi connectivity index (χ4v) is 4.02. The van der Waals surface area contributed by atoms with Crippen LogP contribution in [0.3, 0.4) is 0 Å². The molecule has 0 unspecified atom stereocenters. The molecule has 1 N–H and O–H groups in total. The third-order valence-electron chi connectivity index (χ3n) is 5.60. The minimum Gasteiger partial charge on any atom is -0.506 e. The van der Waals surface area contributed by atoms with Crippen molar-refractivity contribution in [2.75, 3.05) is 0 Å². The molecule has 0 spiro atoms. The molecule has 2 saturated carbocycles. The van der Waals surface area contributed by atoms with E-state index < -0.39 is 0 Å². The summed E-state index contributed by atoms with van der Waals surface area (Å²) in [4.78, 5) is 9.48. The molecule has 0 heterocycles. The molecule has 0 aromatic heterocycles. The average molecular weight is 361 g/mol. The topological polar surface area (TPSA) is 45.0 Å². The van der Waals surface area contributed by atoms with E-state index in [0.717, 1.165) is 42.5 Å². The number of hydrogen-bond donors (Lipinski definition) is 1. The van der Waals surface area contributed by atoms with Gasteiger partial charge in [-0.1, -0.05) is 31.0 Å². The van der Waals surface area contributed by atoms with Gasteiger partial charge in [0.05, 0.1) is 5.69 Å². The molecular formula is C24H28N2O. The minimum absolute atomic E-state index is 0.261. The molecule has 140 valence electrons. The van der Waals surface area contributed by atoms with Gasteiger partial charge < -0.3 is 5.11 Å². The maximum atomic E-state index is 10.4. The maximum absolute atomic E-state index is 10.4. The van der Waals surface area contributed by atoms with E-state index in [1.54, 1.807) is 0 Å². The fraction of sp³-hybridized carbons (Fsp3) is 0.417. The molecule has 0 aliphatic heterocycles. The monoisotopic (exact) mass is 360 g/mol. The third-order valence-corrected chi connectivity index (χ3v) is 5.60. The van der Waals surface area contributed by atoms with Gasteiger partial charge in [0.15, 0.2) is 0 Å². The van der Waals surface area contributed by atoms with E-state index in [1.165, 1.54) is 49.9 Å². The molecule has 3 heteroatoms. The Labute approximate surface area is 161 Å². The Balaban J connectivity index is 1.50. The van der Waals surface area contributed by atoms with Crippen molar-refractivity contribution in [2.24, 2.45) is 9.98 Å². The highest BCUT2D eigenvalue weighted by molar-refractivity contribution is 5.89. The SMILES string of the molecule is Oc1cc(-c2ccc(N=C3CCCCC3)cc2)ccc1N=C1CCCCC1. The van der Waals surface area contributed by atoms with Crippen LogP contribution in [-0.2, 0) is 0 Å². The van der Waals surface area contributed by atoms with E-state index >= 15 is 0 Å². The Morgan fingerprint density at radius 1 is 0.593 bits per heavy atom. The Morgan fingerprint density at radius 2 is 1.15 bits per heavy atom. The number of rotatable bonds is 3. The predicted molar refractivity (Wildman–Crippen MR) is 114 cm³/mol. The largest absolute Gasteiger partial charge is 0.506 e. The van der Waals surface area contributed by atoms with Crippen molar-refractivity contribution in [3.05, 3.63) is 42.5 Å². The Bertz CT molecular complexity index is 833. The number of hydrogen-bond acceptors (Lipinski definition) is 3. The highest BCUT2D eigenvalue weighted by atomic mass is 16.3. The van der Waals surface area contributed by atoms with Crippen molar-refractivity contribution in [2.45, 2.75) is 64.2 Å². The fourth-order valence-electron chi connectivity index (χ4n) is 4.02. The van der Waals surface area contributed by atoms with Gasteiger partial charge in [0.25, 0.3) is 0 Å². The number of phenols is 1. The number of benzene rings is 2. The molecule has 0 radical (unpaired) electrons. The molecule has 0 atom stereocenters. The van der Waals surface area contributed by atoms with Gasteiger partial charge in [-0.3, -0.25) is 9.98 Å². The molecule has 3 nitrogen and oxygen atoms in total. The van der Waals surface area contributed by atoms with E-state index in [2.05, 4.69) is 29.3 Å². The summed E-state index contributed by atoms with van der Waals surface area (Å²) >= 11 is 0. The van der Waals surface area contributed by atoms with Crippen LogP contribution >= 0.6 is 0 Å². The van der Waals surface area contributed by atoms with Crippen LogP contribution in [0.1, 0.15) is 64.2 Å². The van der Waals surface area contributed by atoms with Gasteiger partial charge in [0.1, 0.15) is 11.4 Å². The molecule has 0 bridgehead atoms. The molecular weight excluding hydrogens is 332 g/mol. The quantitative estimate of drug-likeness (QED) is 0.621. The van der Waals surface area contributed by atoms with Crippen LogP contribution in [0.25, 0.3) is 11.1 Å². The first-order valence-corrected chi connectivity index (χ1v) is 10.3. The van der Waals surface area contributed by atoms with Gasteiger partial charge in [-0.2, -0.15) is 0 Å². The first-order chi connectivity index (χ1) is 13.3. The lowest BCUT2D eigenvalue weighted by molar-refractivity contribution is 0.477. The van der Waals surface area contributed by atoms with Crippen molar-refractivity contribution in [3.8, 4) is 16.9 Å². The lowest BCUT2D eigenvalue weighted by atomic mass is 9.98. The molecule has 2 aromatic carbocycles. The normalized spacial score (nSPS) is 17.6. The average Bonchev–Trinajstić information content (AvgIpc) is 2.72. The van der Waals surface area contributed by atoms with Crippen LogP contribution in [0.15, 0.2) is 52.4 Å². The summed E-state index contributed by atoms with van der Waals surface area (Å²) in [7, 11) is 0. The third kappa shape index (κ3) is 4.65. The summed E-state index contributed by atoms with van der Waals surface area (Å²) in [5, 5.41) is 10.4. The Morgan fingerprint density at radius 3 is 1.74 bits per heavy atom. The summed E-state index contributed by atoms with van der Waals surface area (Å²) in [6.07, 6.45) is 12.0. The number of aliphatic imine (C=N–C) groups is 2. The summed E-state index contributed by atoms with van der Waals surface area (Å²) < 4.78 is 0. The Kier molecular flexibility index (Phi) is 5.66. The Hall–Kier alpha value is -2.42. The van der Waals surface area contributed by atoms with Gasteiger partial charge in [0, 0.05) is 11.4 Å². The highest BCUT2D eigenvalue weighted by Crippen LogP contribution is 2.34. The summed E-state index contributed by atoms with van der Waals surface area (Å²) in [6, 6.07) is 14.1. The second-order valence-electron chi connectivity index (χ2n) is 7.73. The predicted octanol–water partition coefficient (Wildman–Crippen LogP) is 7.13. The van der Waals surface area contributed by atoms with Crippen LogP contribution in [0, 0.1) is 0 Å². The van der Waals surface area contributed by atoms with Crippen molar-refractivity contribution in [3.63, 3.8) is 0 Å². The van der Waals surface area contributed by atoms with E-state index in [4.69, 9.17) is 4.99 Å². The summed E-state index contributed by atoms with van der Waals surface area (Å²) in [5.74, 6) is 0.261. The first kappa shape index (κ1) is 18.0. The molecule has 2 aromatic rings. The molecule has 2 aliphatic carbocycles. The van der Waals surface area contributed by atoms with Crippen LogP contribution in [0.5, 0.6) is 5.75 Å². The first-order valence-electron chi connectivity index (χ1n) is 10.3. The zero-order chi connectivity index (χ0) is 18.5. The molecule has 2 fully saturated rings. The van der Waals surface area contributed by atoms with Crippen LogP contribution in [0.2, 0.25) is 0 Å². The smallest absolute Gasteiger partial charge is 0.141 e. The van der Waals surface area contributed by atoms with E-state index in [0.29, 0.717) is 5.69 Å². The summed E-state index contributed by atoms with van der Waals surface area (Å²) in [6.45, 7) is 0. The zero-order valence-electron chi connectivity index (χ0n) is 16.0. The van der Waals surface area contributed by atoms with Crippen LogP contribution in [-0.4, -0.2) is 16.5 Å². The molecule has 4 rings (SSSR count). The number of phenolic OH excluding ortho intramolecular Hbond substituents is 1. The van der Waals surface area contributed by atoms with Gasteiger partial charge in [0.2, 0.25) is 0 Å². The zero-order valence-corrected chi connectivity index (χ0v) is 16.0. The lowest BCUT2D eigenvalue weighted by Crippen LogP contribution is -2.03. The highest BCUT2D eigenvalue weighted by Gasteiger charge is 2.10. The van der Waals surface area contributed by atoms with Gasteiger partial charge in [-0.15, -0.1) is 0 Å². The van der Waals surface area contributed by atoms with Crippen molar-refractivity contribution in [1.29, 1.82) is 0 Å². The second kappa shape index (κ2) is 8.51. The number of aromatic hydroxyl groups is 1. The van der Waals surface area contributed by atoms with E-state index in [-0.39, 0.29) is 5.75 Å². The minimum atomic E-state index is 0.261. The molecule has 0 saturated heterocycles. The summed E-state index contributed by atoms with van der Waals surface area (Å²) in [5.41, 5.74) is 6.37. The van der Waals surface area contributed by atoms with Gasteiger partial charge in [-0.05, 0) is 86.8 Å². The number of nitrogens with zero attached hydrogens (tertiary/aromatic N) is 2. The molecule has 0 amide bonds. The van der Waals surface area contributed by atoms with E-state index in [9.17, 15) is 5.11 Å². The molecule has 27 heavy (non-hydrogen) atoms. The maximum Gasteiger partial charge on any atom is 0.141 e. The second-order valence-corrected chi connectivity index (χ2v) is 7.73. The van der Waals surface area contributed by atoms with Crippen LogP contribution < -0.4 is 0 Å². The van der Waals surface area contributed by atoms with Crippen molar-refractivity contribution in [1.82, 2.24) is 0 Å². The van der Waals surface area contributed by atoms with Crippen LogP contribution in [0.4, 0.5) is 11.4 Å². The lowest BCUT2D eigenvalue weighted by Gasteiger charge is -2.13. The van der Waals surface area contributed by atoms with Gasteiger partial charge >= 0.3 is 0 Å². The van der Waals surface area contributed by atoms with Gasteiger partial charge in [-0.25, -0.2) is 0 Å². The molecule has 2 aliphatic rings. The van der Waals surface area contributed by atoms with Crippen molar-refractivity contribution >= 4 is 22.8 Å². The van der Waals surface area contributed by atoms with E-state index in [1.807, 2.05) is 18.2 Å².